The fourth-order valence-corrected chi connectivity index (χ4v) is 3.48. The number of sulfone groups is 1. The zero-order valence-electron chi connectivity index (χ0n) is 14.4. The third kappa shape index (κ3) is 4.13. The number of benzene rings is 2. The molecule has 1 aliphatic rings. The number of amides is 2. The Morgan fingerprint density at radius 2 is 1.69 bits per heavy atom. The van der Waals surface area contributed by atoms with Crippen LogP contribution < -0.4 is 10.2 Å². The molecule has 26 heavy (non-hydrogen) atoms. The predicted octanol–water partition coefficient (Wildman–Crippen LogP) is 2.58. The van der Waals surface area contributed by atoms with Crippen molar-refractivity contribution in [2.75, 3.05) is 42.7 Å². The molecule has 1 fully saturated rings. The Morgan fingerprint density at radius 3 is 2.27 bits per heavy atom. The Kier molecular flexibility index (Phi) is 5.13. The monoisotopic (exact) mass is 377 g/mol. The van der Waals surface area contributed by atoms with Gasteiger partial charge in [-0.15, -0.1) is 0 Å². The van der Waals surface area contributed by atoms with Gasteiger partial charge < -0.3 is 15.1 Å². The highest BCUT2D eigenvalue weighted by atomic mass is 32.2. The van der Waals surface area contributed by atoms with Gasteiger partial charge in [0.05, 0.1) is 10.6 Å². The molecule has 1 saturated heterocycles. The van der Waals surface area contributed by atoms with Crippen molar-refractivity contribution in [1.82, 2.24) is 4.90 Å². The molecule has 0 bridgehead atoms. The number of hydrogen-bond acceptors (Lipinski definition) is 4. The zero-order chi connectivity index (χ0) is 18.7. The SMILES string of the molecule is CS(=O)(=O)c1ccc(N2CCN(C(=O)Nc3ccccc3)CC2)c(F)c1. The molecule has 2 amide bonds. The first-order chi connectivity index (χ1) is 12.3. The quantitative estimate of drug-likeness (QED) is 0.893. The van der Waals surface area contributed by atoms with Gasteiger partial charge in [0, 0.05) is 38.1 Å². The molecular weight excluding hydrogens is 357 g/mol. The maximum Gasteiger partial charge on any atom is 0.321 e. The van der Waals surface area contributed by atoms with E-state index in [1.54, 1.807) is 4.90 Å². The predicted molar refractivity (Wildman–Crippen MR) is 98.8 cm³/mol. The first kappa shape index (κ1) is 18.2. The summed E-state index contributed by atoms with van der Waals surface area (Å²) in [4.78, 5) is 15.7. The summed E-state index contributed by atoms with van der Waals surface area (Å²) in [5.74, 6) is -0.574. The number of rotatable bonds is 3. The Bertz CT molecular complexity index is 895. The van der Waals surface area contributed by atoms with Gasteiger partial charge in [-0.25, -0.2) is 17.6 Å². The molecule has 0 radical (unpaired) electrons. The molecule has 0 unspecified atom stereocenters. The van der Waals surface area contributed by atoms with Crippen LogP contribution in [0.4, 0.5) is 20.6 Å². The third-order valence-corrected chi connectivity index (χ3v) is 5.39. The maximum atomic E-state index is 14.3. The van der Waals surface area contributed by atoms with Crippen LogP contribution in [0.3, 0.4) is 0 Å². The molecule has 3 rings (SSSR count). The lowest BCUT2D eigenvalue weighted by Crippen LogP contribution is -2.50. The molecule has 0 atom stereocenters. The van der Waals surface area contributed by atoms with Crippen molar-refractivity contribution in [3.8, 4) is 0 Å². The van der Waals surface area contributed by atoms with Crippen LogP contribution in [0, 0.1) is 5.82 Å². The summed E-state index contributed by atoms with van der Waals surface area (Å²) < 4.78 is 37.3. The molecule has 8 heteroatoms. The van der Waals surface area contributed by atoms with E-state index in [9.17, 15) is 17.6 Å². The van der Waals surface area contributed by atoms with Crippen LogP contribution in [0.15, 0.2) is 53.4 Å². The highest BCUT2D eigenvalue weighted by Gasteiger charge is 2.23. The number of para-hydroxylation sites is 1. The van der Waals surface area contributed by atoms with Crippen LogP contribution in [0.5, 0.6) is 0 Å². The van der Waals surface area contributed by atoms with Crippen molar-refractivity contribution in [2.24, 2.45) is 0 Å². The molecule has 1 aliphatic heterocycles. The van der Waals surface area contributed by atoms with E-state index in [0.717, 1.165) is 18.0 Å². The summed E-state index contributed by atoms with van der Waals surface area (Å²) in [5.41, 5.74) is 1.07. The molecule has 0 aliphatic carbocycles. The van der Waals surface area contributed by atoms with E-state index in [1.807, 2.05) is 35.2 Å². The number of carbonyl (C=O) groups excluding carboxylic acids is 1. The van der Waals surface area contributed by atoms with Crippen LogP contribution in [0.1, 0.15) is 0 Å². The van der Waals surface area contributed by atoms with Crippen LogP contribution in [0.25, 0.3) is 0 Å². The molecule has 1 N–H and O–H groups in total. The summed E-state index contributed by atoms with van der Waals surface area (Å²) in [5, 5.41) is 2.83. The van der Waals surface area contributed by atoms with Crippen LogP contribution in [0.2, 0.25) is 0 Å². The number of hydrogen-bond donors (Lipinski definition) is 1. The van der Waals surface area contributed by atoms with Crippen molar-refractivity contribution < 1.29 is 17.6 Å². The third-order valence-electron chi connectivity index (χ3n) is 4.28. The fourth-order valence-electron chi connectivity index (χ4n) is 2.85. The first-order valence-corrected chi connectivity index (χ1v) is 10.1. The summed E-state index contributed by atoms with van der Waals surface area (Å²) in [7, 11) is -3.44. The lowest BCUT2D eigenvalue weighted by atomic mass is 10.2. The topological polar surface area (TPSA) is 69.7 Å². The molecule has 0 aromatic heterocycles. The Hall–Kier alpha value is -2.61. The average Bonchev–Trinajstić information content (AvgIpc) is 2.62. The van der Waals surface area contributed by atoms with Crippen molar-refractivity contribution >= 4 is 27.2 Å². The van der Waals surface area contributed by atoms with E-state index in [4.69, 9.17) is 0 Å². The number of anilines is 2. The second kappa shape index (κ2) is 7.33. The van der Waals surface area contributed by atoms with E-state index in [1.165, 1.54) is 12.1 Å². The molecule has 0 saturated carbocycles. The Labute approximate surface area is 152 Å². The van der Waals surface area contributed by atoms with Gasteiger partial charge in [-0.05, 0) is 30.3 Å². The molecule has 6 nitrogen and oxygen atoms in total. The number of urea groups is 1. The average molecular weight is 377 g/mol. The molecule has 2 aromatic rings. The Balaban J connectivity index is 1.62. The number of carbonyl (C=O) groups is 1. The maximum absolute atomic E-state index is 14.3. The van der Waals surface area contributed by atoms with E-state index in [2.05, 4.69) is 5.32 Å². The van der Waals surface area contributed by atoms with Crippen molar-refractivity contribution in [3.63, 3.8) is 0 Å². The lowest BCUT2D eigenvalue weighted by molar-refractivity contribution is 0.208. The summed E-state index contributed by atoms with van der Waals surface area (Å²) in [6, 6.07) is 12.9. The van der Waals surface area contributed by atoms with Gasteiger partial charge in [0.1, 0.15) is 5.82 Å². The van der Waals surface area contributed by atoms with Gasteiger partial charge >= 0.3 is 6.03 Å². The largest absolute Gasteiger partial charge is 0.366 e. The molecular formula is C18H20FN3O3S. The standard InChI is InChI=1S/C18H20FN3O3S/c1-26(24,25)15-7-8-17(16(19)13-15)21-9-11-22(12-10-21)18(23)20-14-5-3-2-4-6-14/h2-8,13H,9-12H2,1H3,(H,20,23). The Morgan fingerprint density at radius 1 is 1.04 bits per heavy atom. The van der Waals surface area contributed by atoms with Crippen LogP contribution >= 0.6 is 0 Å². The fraction of sp³-hybridized carbons (Fsp3) is 0.278. The van der Waals surface area contributed by atoms with E-state index >= 15 is 0 Å². The van der Waals surface area contributed by atoms with Gasteiger partial charge in [-0.1, -0.05) is 18.2 Å². The summed E-state index contributed by atoms with van der Waals surface area (Å²) in [6.45, 7) is 1.84. The minimum Gasteiger partial charge on any atom is -0.366 e. The molecule has 0 spiro atoms. The smallest absolute Gasteiger partial charge is 0.321 e. The highest BCUT2D eigenvalue weighted by Crippen LogP contribution is 2.24. The normalized spacial score (nSPS) is 15.0. The number of halogens is 1. The van der Waals surface area contributed by atoms with E-state index < -0.39 is 15.7 Å². The van der Waals surface area contributed by atoms with Gasteiger partial charge in [0.2, 0.25) is 0 Å². The molecule has 1 heterocycles. The number of piperazine rings is 1. The summed E-state index contributed by atoms with van der Waals surface area (Å²) in [6.07, 6.45) is 1.05. The zero-order valence-corrected chi connectivity index (χ0v) is 15.2. The minimum atomic E-state index is -3.44. The number of nitrogens with one attached hydrogen (secondary N) is 1. The van der Waals surface area contributed by atoms with E-state index in [-0.39, 0.29) is 10.9 Å². The minimum absolute atomic E-state index is 0.0420. The lowest BCUT2D eigenvalue weighted by Gasteiger charge is -2.36. The van der Waals surface area contributed by atoms with Crippen molar-refractivity contribution in [1.29, 1.82) is 0 Å². The van der Waals surface area contributed by atoms with Crippen molar-refractivity contribution in [3.05, 3.63) is 54.3 Å². The van der Waals surface area contributed by atoms with Gasteiger partial charge in [-0.3, -0.25) is 0 Å². The van der Waals surface area contributed by atoms with Gasteiger partial charge in [0.25, 0.3) is 0 Å². The van der Waals surface area contributed by atoms with Gasteiger partial charge in [-0.2, -0.15) is 0 Å². The highest BCUT2D eigenvalue weighted by molar-refractivity contribution is 7.90. The van der Waals surface area contributed by atoms with E-state index in [0.29, 0.717) is 31.9 Å². The van der Waals surface area contributed by atoms with Crippen molar-refractivity contribution in [2.45, 2.75) is 4.90 Å². The molecule has 2 aromatic carbocycles. The molecule has 138 valence electrons. The van der Waals surface area contributed by atoms with Gasteiger partial charge in [0.15, 0.2) is 9.84 Å². The van der Waals surface area contributed by atoms with Crippen LogP contribution in [-0.4, -0.2) is 51.8 Å². The second-order valence-electron chi connectivity index (χ2n) is 6.16. The first-order valence-electron chi connectivity index (χ1n) is 8.20. The second-order valence-corrected chi connectivity index (χ2v) is 8.17. The van der Waals surface area contributed by atoms with Crippen LogP contribution in [-0.2, 0) is 9.84 Å². The number of nitrogens with zero attached hydrogens (tertiary/aromatic N) is 2. The summed E-state index contributed by atoms with van der Waals surface area (Å²) >= 11 is 0.